The summed E-state index contributed by atoms with van der Waals surface area (Å²) < 4.78 is 1.83. The van der Waals surface area contributed by atoms with Crippen LogP contribution in [0.25, 0.3) is 16.3 Å². The first-order valence-electron chi connectivity index (χ1n) is 6.25. The fourth-order valence-corrected chi connectivity index (χ4v) is 3.31. The summed E-state index contributed by atoms with van der Waals surface area (Å²) in [5.41, 5.74) is 0.941. The van der Waals surface area contributed by atoms with E-state index in [4.69, 9.17) is 0 Å². The molecular weight excluding hydrogens is 260 g/mol. The molecule has 0 saturated carbocycles. The lowest BCUT2D eigenvalue weighted by Crippen LogP contribution is -2.08. The Morgan fingerprint density at radius 1 is 1.37 bits per heavy atom. The number of fused-ring (bicyclic) bond motifs is 1. The first-order valence-corrected chi connectivity index (χ1v) is 7.07. The standard InChI is InChI=1S/C12H12N6S/c1-2-8(6-13-4-1)10-15-16-12-18(10)17-11(19-12)9-3-5-14-7-9/h1-2,4,6,9,14H,3,5,7H2. The Labute approximate surface area is 113 Å². The van der Waals surface area contributed by atoms with Crippen LogP contribution in [0, 0.1) is 0 Å². The molecule has 3 aromatic rings. The number of hydrogen-bond donors (Lipinski definition) is 1. The van der Waals surface area contributed by atoms with Gasteiger partial charge in [0.2, 0.25) is 4.96 Å². The molecule has 1 aliphatic rings. The van der Waals surface area contributed by atoms with E-state index < -0.39 is 0 Å². The Hall–Kier alpha value is -1.86. The summed E-state index contributed by atoms with van der Waals surface area (Å²) in [7, 11) is 0. The third-order valence-corrected chi connectivity index (χ3v) is 4.40. The highest BCUT2D eigenvalue weighted by atomic mass is 32.1. The van der Waals surface area contributed by atoms with Crippen LogP contribution in [0.1, 0.15) is 17.3 Å². The minimum atomic E-state index is 0.508. The molecule has 0 radical (unpaired) electrons. The zero-order valence-corrected chi connectivity index (χ0v) is 11.0. The van der Waals surface area contributed by atoms with Gasteiger partial charge in [0.05, 0.1) is 0 Å². The zero-order valence-electron chi connectivity index (χ0n) is 10.2. The SMILES string of the molecule is c1cncc(-c2nnc3sc(C4CCNC4)nn23)c1. The average molecular weight is 272 g/mol. The van der Waals surface area contributed by atoms with Crippen LogP contribution in [-0.2, 0) is 0 Å². The van der Waals surface area contributed by atoms with Crippen LogP contribution in [-0.4, -0.2) is 37.9 Å². The predicted octanol–water partition coefficient (Wildman–Crippen LogP) is 1.32. The molecule has 0 aliphatic carbocycles. The van der Waals surface area contributed by atoms with Gasteiger partial charge < -0.3 is 5.32 Å². The molecule has 19 heavy (non-hydrogen) atoms. The maximum absolute atomic E-state index is 4.67. The van der Waals surface area contributed by atoms with Crippen LogP contribution in [0.15, 0.2) is 24.5 Å². The molecule has 96 valence electrons. The molecule has 1 aliphatic heterocycles. The molecule has 1 atom stereocenters. The van der Waals surface area contributed by atoms with E-state index in [0.717, 1.165) is 40.9 Å². The van der Waals surface area contributed by atoms with Crippen molar-refractivity contribution in [3.05, 3.63) is 29.5 Å². The smallest absolute Gasteiger partial charge is 0.234 e. The van der Waals surface area contributed by atoms with E-state index in [-0.39, 0.29) is 0 Å². The highest BCUT2D eigenvalue weighted by molar-refractivity contribution is 7.16. The van der Waals surface area contributed by atoms with E-state index in [2.05, 4.69) is 25.6 Å². The minimum Gasteiger partial charge on any atom is -0.316 e. The molecule has 4 heterocycles. The van der Waals surface area contributed by atoms with Gasteiger partial charge in [-0.15, -0.1) is 10.2 Å². The van der Waals surface area contributed by atoms with Crippen molar-refractivity contribution in [2.45, 2.75) is 12.3 Å². The molecule has 0 aromatic carbocycles. The van der Waals surface area contributed by atoms with Gasteiger partial charge in [0.25, 0.3) is 0 Å². The van der Waals surface area contributed by atoms with Gasteiger partial charge >= 0.3 is 0 Å². The number of nitrogens with zero attached hydrogens (tertiary/aromatic N) is 5. The van der Waals surface area contributed by atoms with Gasteiger partial charge in [0.1, 0.15) is 5.01 Å². The number of nitrogens with one attached hydrogen (secondary N) is 1. The van der Waals surface area contributed by atoms with E-state index in [1.54, 1.807) is 23.7 Å². The molecular formula is C12H12N6S. The summed E-state index contributed by atoms with van der Waals surface area (Å²) in [5, 5.41) is 17.6. The number of hydrogen-bond acceptors (Lipinski definition) is 6. The maximum Gasteiger partial charge on any atom is 0.234 e. The Bertz CT molecular complexity index is 697. The molecule has 0 bridgehead atoms. The number of aromatic nitrogens is 5. The third kappa shape index (κ3) is 1.82. The Morgan fingerprint density at radius 2 is 2.37 bits per heavy atom. The first-order chi connectivity index (χ1) is 9.42. The van der Waals surface area contributed by atoms with Crippen molar-refractivity contribution < 1.29 is 0 Å². The van der Waals surface area contributed by atoms with E-state index in [1.165, 1.54) is 0 Å². The summed E-state index contributed by atoms with van der Waals surface area (Å²) in [4.78, 5) is 4.96. The van der Waals surface area contributed by atoms with Crippen LogP contribution in [0.5, 0.6) is 0 Å². The topological polar surface area (TPSA) is 68.0 Å². The molecule has 6 nitrogen and oxygen atoms in total. The average Bonchev–Trinajstić information content (AvgIpc) is 3.15. The highest BCUT2D eigenvalue weighted by Gasteiger charge is 2.22. The van der Waals surface area contributed by atoms with Gasteiger partial charge in [-0.1, -0.05) is 11.3 Å². The molecule has 4 rings (SSSR count). The lowest BCUT2D eigenvalue weighted by molar-refractivity contribution is 0.730. The first kappa shape index (κ1) is 11.0. The maximum atomic E-state index is 4.67. The summed E-state index contributed by atoms with van der Waals surface area (Å²) in [6.07, 6.45) is 4.68. The van der Waals surface area contributed by atoms with E-state index in [0.29, 0.717) is 5.92 Å². The third-order valence-electron chi connectivity index (χ3n) is 3.34. The van der Waals surface area contributed by atoms with Crippen molar-refractivity contribution >= 4 is 16.3 Å². The van der Waals surface area contributed by atoms with Crippen molar-refractivity contribution in [3.63, 3.8) is 0 Å². The van der Waals surface area contributed by atoms with E-state index in [9.17, 15) is 0 Å². The molecule has 0 amide bonds. The van der Waals surface area contributed by atoms with Gasteiger partial charge in [-0.25, -0.2) is 0 Å². The lowest BCUT2D eigenvalue weighted by atomic mass is 10.1. The van der Waals surface area contributed by atoms with Crippen LogP contribution in [0.2, 0.25) is 0 Å². The van der Waals surface area contributed by atoms with Crippen LogP contribution in [0.4, 0.5) is 0 Å². The van der Waals surface area contributed by atoms with Gasteiger partial charge in [-0.3, -0.25) is 4.98 Å². The van der Waals surface area contributed by atoms with Gasteiger partial charge in [-0.05, 0) is 25.1 Å². The van der Waals surface area contributed by atoms with Crippen molar-refractivity contribution in [2.75, 3.05) is 13.1 Å². The number of pyridine rings is 1. The van der Waals surface area contributed by atoms with Crippen molar-refractivity contribution in [3.8, 4) is 11.4 Å². The predicted molar refractivity (Wildman–Crippen MR) is 72.1 cm³/mol. The Balaban J connectivity index is 1.80. The molecule has 7 heteroatoms. The Kier molecular flexibility index (Phi) is 2.52. The molecule has 3 aromatic heterocycles. The summed E-state index contributed by atoms with van der Waals surface area (Å²) in [6, 6.07) is 3.87. The summed E-state index contributed by atoms with van der Waals surface area (Å²) in [6.45, 7) is 2.08. The Morgan fingerprint density at radius 3 is 3.16 bits per heavy atom. The van der Waals surface area contributed by atoms with Crippen LogP contribution in [0.3, 0.4) is 0 Å². The summed E-state index contributed by atoms with van der Waals surface area (Å²) in [5.74, 6) is 1.27. The van der Waals surface area contributed by atoms with Crippen LogP contribution >= 0.6 is 11.3 Å². The second kappa shape index (κ2) is 4.36. The van der Waals surface area contributed by atoms with Crippen molar-refractivity contribution in [1.82, 2.24) is 30.1 Å². The molecule has 1 N–H and O–H groups in total. The normalized spacial score (nSPS) is 19.3. The fourth-order valence-electron chi connectivity index (χ4n) is 2.34. The van der Waals surface area contributed by atoms with Gasteiger partial charge in [0.15, 0.2) is 5.82 Å². The molecule has 0 spiro atoms. The lowest BCUT2D eigenvalue weighted by Gasteiger charge is -2.01. The fraction of sp³-hybridized carbons (Fsp3) is 0.333. The van der Waals surface area contributed by atoms with E-state index >= 15 is 0 Å². The number of rotatable bonds is 2. The van der Waals surface area contributed by atoms with Gasteiger partial charge in [-0.2, -0.15) is 9.61 Å². The second-order valence-electron chi connectivity index (χ2n) is 4.59. The van der Waals surface area contributed by atoms with Gasteiger partial charge in [0, 0.05) is 30.4 Å². The molecule has 1 fully saturated rings. The van der Waals surface area contributed by atoms with Crippen molar-refractivity contribution in [1.29, 1.82) is 0 Å². The quantitative estimate of drug-likeness (QED) is 0.762. The highest BCUT2D eigenvalue weighted by Crippen LogP contribution is 2.28. The monoisotopic (exact) mass is 272 g/mol. The molecule has 1 unspecified atom stereocenters. The minimum absolute atomic E-state index is 0.508. The largest absolute Gasteiger partial charge is 0.316 e. The van der Waals surface area contributed by atoms with Crippen molar-refractivity contribution in [2.24, 2.45) is 0 Å². The van der Waals surface area contributed by atoms with E-state index in [1.807, 2.05) is 16.6 Å². The van der Waals surface area contributed by atoms with Crippen LogP contribution < -0.4 is 5.32 Å². The summed E-state index contributed by atoms with van der Waals surface area (Å²) >= 11 is 1.63. The second-order valence-corrected chi connectivity index (χ2v) is 5.58. The zero-order chi connectivity index (χ0) is 12.7. The molecule has 1 saturated heterocycles.